The highest BCUT2D eigenvalue weighted by Crippen LogP contribution is 2.22. The number of rotatable bonds is 4. The van der Waals surface area contributed by atoms with Crippen LogP contribution in [0.3, 0.4) is 0 Å². The molecular formula is C16H17ClN2O2. The predicted molar refractivity (Wildman–Crippen MR) is 85.2 cm³/mol. The van der Waals surface area contributed by atoms with Crippen molar-refractivity contribution in [2.75, 3.05) is 0 Å². The summed E-state index contributed by atoms with van der Waals surface area (Å²) in [4.78, 5) is 15.3. The summed E-state index contributed by atoms with van der Waals surface area (Å²) >= 11 is 5.83. The molecule has 0 aliphatic heterocycles. The van der Waals surface area contributed by atoms with Gasteiger partial charge in [-0.1, -0.05) is 11.6 Å². The number of carbonyl (C=O) groups is 1. The van der Waals surface area contributed by atoms with E-state index in [2.05, 4.69) is 23.4 Å². The molecule has 0 spiro atoms. The molecule has 0 atom stereocenters. The molecule has 0 bridgehead atoms. The van der Waals surface area contributed by atoms with E-state index < -0.39 is 5.97 Å². The third kappa shape index (κ3) is 3.52. The zero-order chi connectivity index (χ0) is 15.6. The summed E-state index contributed by atoms with van der Waals surface area (Å²) < 4.78 is 2.16. The third-order valence-corrected chi connectivity index (χ3v) is 3.50. The first-order chi connectivity index (χ1) is 9.88. The van der Waals surface area contributed by atoms with Crippen LogP contribution >= 0.6 is 11.6 Å². The second kappa shape index (κ2) is 6.14. The number of benzene rings is 1. The number of aromatic nitrogens is 1. The number of aliphatic imine (C=N–C) groups is 1. The van der Waals surface area contributed by atoms with Crippen LogP contribution in [0.25, 0.3) is 0 Å². The van der Waals surface area contributed by atoms with E-state index in [0.29, 0.717) is 11.7 Å². The van der Waals surface area contributed by atoms with Gasteiger partial charge in [-0.2, -0.15) is 0 Å². The van der Waals surface area contributed by atoms with Gasteiger partial charge in [0.1, 0.15) is 0 Å². The fraction of sp³-hybridized carbons (Fsp3) is 0.250. The minimum atomic E-state index is -1.06. The van der Waals surface area contributed by atoms with Gasteiger partial charge in [-0.3, -0.25) is 4.99 Å². The Hall–Kier alpha value is -2.07. The zero-order valence-corrected chi connectivity index (χ0v) is 12.9. The maximum atomic E-state index is 11.0. The van der Waals surface area contributed by atoms with Crippen LogP contribution in [0.1, 0.15) is 41.5 Å². The van der Waals surface area contributed by atoms with Crippen LogP contribution in [0, 0.1) is 6.92 Å². The second-order valence-corrected chi connectivity index (χ2v) is 5.55. The Morgan fingerprint density at radius 2 is 2.10 bits per heavy atom. The van der Waals surface area contributed by atoms with Crippen molar-refractivity contribution in [1.82, 2.24) is 4.57 Å². The summed E-state index contributed by atoms with van der Waals surface area (Å²) in [6.07, 6.45) is 3.75. The number of halogens is 1. The molecule has 0 radical (unpaired) electrons. The molecule has 0 saturated heterocycles. The van der Waals surface area contributed by atoms with Crippen molar-refractivity contribution in [3.05, 3.63) is 52.3 Å². The largest absolute Gasteiger partial charge is 0.478 e. The average molecular weight is 305 g/mol. The lowest BCUT2D eigenvalue weighted by molar-refractivity contribution is 0.0697. The summed E-state index contributed by atoms with van der Waals surface area (Å²) in [6.45, 7) is 6.28. The molecule has 1 aromatic carbocycles. The maximum absolute atomic E-state index is 11.0. The number of hydrogen-bond donors (Lipinski definition) is 1. The molecule has 0 amide bonds. The van der Waals surface area contributed by atoms with Gasteiger partial charge in [0.05, 0.1) is 16.3 Å². The van der Waals surface area contributed by atoms with Gasteiger partial charge in [-0.15, -0.1) is 0 Å². The number of carboxylic acid groups (broad SMARTS) is 1. The van der Waals surface area contributed by atoms with E-state index in [1.165, 1.54) is 6.07 Å². The molecule has 1 aromatic heterocycles. The molecule has 1 N–H and O–H groups in total. The quantitative estimate of drug-likeness (QED) is 0.847. The Kier molecular flexibility index (Phi) is 4.48. The Labute approximate surface area is 128 Å². The minimum absolute atomic E-state index is 0.0576. The molecule has 4 nitrogen and oxygen atoms in total. The van der Waals surface area contributed by atoms with Gasteiger partial charge in [0.25, 0.3) is 0 Å². The molecular weight excluding hydrogens is 288 g/mol. The van der Waals surface area contributed by atoms with E-state index in [-0.39, 0.29) is 10.6 Å². The molecule has 110 valence electrons. The Balaban J connectivity index is 2.27. The maximum Gasteiger partial charge on any atom is 0.337 e. The molecule has 2 rings (SSSR count). The highest BCUT2D eigenvalue weighted by molar-refractivity contribution is 6.33. The molecule has 2 aromatic rings. The van der Waals surface area contributed by atoms with Gasteiger partial charge < -0.3 is 9.67 Å². The van der Waals surface area contributed by atoms with Crippen molar-refractivity contribution in [2.24, 2.45) is 4.99 Å². The predicted octanol–water partition coefficient (Wildman–Crippen LogP) is 4.48. The monoisotopic (exact) mass is 304 g/mol. The molecule has 0 aliphatic rings. The van der Waals surface area contributed by atoms with Crippen LogP contribution in [0.2, 0.25) is 5.02 Å². The van der Waals surface area contributed by atoms with Crippen molar-refractivity contribution >= 4 is 29.5 Å². The Morgan fingerprint density at radius 1 is 1.38 bits per heavy atom. The van der Waals surface area contributed by atoms with Crippen molar-refractivity contribution in [2.45, 2.75) is 26.8 Å². The highest BCUT2D eigenvalue weighted by Gasteiger charge is 2.09. The van der Waals surface area contributed by atoms with Crippen molar-refractivity contribution < 1.29 is 9.90 Å². The third-order valence-electron chi connectivity index (χ3n) is 3.17. The van der Waals surface area contributed by atoms with Crippen LogP contribution in [-0.2, 0) is 0 Å². The van der Waals surface area contributed by atoms with Gasteiger partial charge in [0.15, 0.2) is 0 Å². The van der Waals surface area contributed by atoms with Gasteiger partial charge in [-0.05, 0) is 45.0 Å². The minimum Gasteiger partial charge on any atom is -0.478 e. The van der Waals surface area contributed by atoms with E-state index in [0.717, 1.165) is 11.3 Å². The average Bonchev–Trinajstić information content (AvgIpc) is 2.79. The number of nitrogens with zero attached hydrogens (tertiary/aromatic N) is 2. The molecule has 0 saturated carbocycles. The standard InChI is InChI=1S/C16H17ClN2O2/c1-10(2)19-9-12(6-11(19)3)8-18-13-4-5-15(17)14(7-13)16(20)21/h4-10H,1-3H3,(H,20,21). The van der Waals surface area contributed by atoms with Crippen LogP contribution in [0.4, 0.5) is 5.69 Å². The van der Waals surface area contributed by atoms with Gasteiger partial charge in [0, 0.05) is 29.7 Å². The summed E-state index contributed by atoms with van der Waals surface area (Å²) in [7, 11) is 0. The first kappa shape index (κ1) is 15.3. The first-order valence-corrected chi connectivity index (χ1v) is 7.01. The SMILES string of the molecule is Cc1cc(C=Nc2ccc(Cl)c(C(=O)O)c2)cn1C(C)C. The summed E-state index contributed by atoms with van der Waals surface area (Å²) in [6, 6.07) is 7.13. The van der Waals surface area contributed by atoms with E-state index in [9.17, 15) is 4.79 Å². The van der Waals surface area contributed by atoms with E-state index in [1.807, 2.05) is 19.2 Å². The number of carboxylic acids is 1. The number of aromatic carboxylic acids is 1. The van der Waals surface area contributed by atoms with Gasteiger partial charge in [0.2, 0.25) is 0 Å². The normalized spacial score (nSPS) is 11.5. The van der Waals surface area contributed by atoms with Crippen LogP contribution in [0.15, 0.2) is 35.5 Å². The molecule has 1 heterocycles. The lowest BCUT2D eigenvalue weighted by Crippen LogP contribution is -2.00. The summed E-state index contributed by atoms with van der Waals surface area (Å²) in [5.41, 5.74) is 2.76. The number of aryl methyl sites for hydroxylation is 1. The zero-order valence-electron chi connectivity index (χ0n) is 12.2. The molecule has 0 fully saturated rings. The topological polar surface area (TPSA) is 54.6 Å². The van der Waals surface area contributed by atoms with E-state index in [4.69, 9.17) is 16.7 Å². The molecule has 5 heteroatoms. The van der Waals surface area contributed by atoms with Crippen molar-refractivity contribution in [1.29, 1.82) is 0 Å². The smallest absolute Gasteiger partial charge is 0.337 e. The van der Waals surface area contributed by atoms with Crippen molar-refractivity contribution in [3.8, 4) is 0 Å². The fourth-order valence-electron chi connectivity index (χ4n) is 2.15. The van der Waals surface area contributed by atoms with Crippen LogP contribution in [-0.4, -0.2) is 21.9 Å². The summed E-state index contributed by atoms with van der Waals surface area (Å²) in [5, 5.41) is 9.25. The van der Waals surface area contributed by atoms with Crippen molar-refractivity contribution in [3.63, 3.8) is 0 Å². The van der Waals surface area contributed by atoms with E-state index in [1.54, 1.807) is 18.3 Å². The molecule has 0 aliphatic carbocycles. The Bertz CT molecular complexity index is 702. The summed E-state index contributed by atoms with van der Waals surface area (Å²) in [5.74, 6) is -1.06. The van der Waals surface area contributed by atoms with Gasteiger partial charge in [-0.25, -0.2) is 4.79 Å². The first-order valence-electron chi connectivity index (χ1n) is 6.64. The highest BCUT2D eigenvalue weighted by atomic mass is 35.5. The Morgan fingerprint density at radius 3 is 2.67 bits per heavy atom. The second-order valence-electron chi connectivity index (χ2n) is 5.14. The molecule has 21 heavy (non-hydrogen) atoms. The lowest BCUT2D eigenvalue weighted by Gasteiger charge is -2.08. The van der Waals surface area contributed by atoms with Crippen LogP contribution < -0.4 is 0 Å². The van der Waals surface area contributed by atoms with Gasteiger partial charge >= 0.3 is 5.97 Å². The van der Waals surface area contributed by atoms with Crippen LogP contribution in [0.5, 0.6) is 0 Å². The molecule has 0 unspecified atom stereocenters. The lowest BCUT2D eigenvalue weighted by atomic mass is 10.2. The fourth-order valence-corrected chi connectivity index (χ4v) is 2.35. The number of hydrogen-bond acceptors (Lipinski definition) is 2. The van der Waals surface area contributed by atoms with E-state index >= 15 is 0 Å².